The number of carbonyl (C=O) groups is 1. The summed E-state index contributed by atoms with van der Waals surface area (Å²) in [7, 11) is -4.50. The summed E-state index contributed by atoms with van der Waals surface area (Å²) in [5.74, 6) is -0.770. The monoisotopic (exact) mass is 947 g/mol. The summed E-state index contributed by atoms with van der Waals surface area (Å²) in [6.45, 7) is 10.9. The Balaban J connectivity index is 0.941. The van der Waals surface area contributed by atoms with Gasteiger partial charge in [-0.3, -0.25) is 24.7 Å². The molecular weight excluding hydrogens is 888 g/mol. The lowest BCUT2D eigenvalue weighted by Crippen LogP contribution is -2.60. The van der Waals surface area contributed by atoms with Crippen LogP contribution in [0.5, 0.6) is 5.75 Å². The molecule has 2 saturated heterocycles. The zero-order valence-electron chi connectivity index (χ0n) is 38.2. The summed E-state index contributed by atoms with van der Waals surface area (Å²) in [5, 5.41) is 25.5. The number of aliphatic hydroxyl groups is 1. The third-order valence-corrected chi connectivity index (χ3v) is 16.4. The van der Waals surface area contributed by atoms with Gasteiger partial charge in [-0.05, 0) is 123 Å². The number of rotatable bonds is 14. The predicted molar refractivity (Wildman–Crippen MR) is 248 cm³/mol. The van der Waals surface area contributed by atoms with E-state index in [-0.39, 0.29) is 39.4 Å². The van der Waals surface area contributed by atoms with Gasteiger partial charge in [0, 0.05) is 75.8 Å². The molecule has 67 heavy (non-hydrogen) atoms. The first kappa shape index (κ1) is 48.2. The van der Waals surface area contributed by atoms with Crippen molar-refractivity contribution in [3.8, 4) is 5.75 Å². The van der Waals surface area contributed by atoms with E-state index in [1.807, 2.05) is 0 Å². The van der Waals surface area contributed by atoms with E-state index in [1.165, 1.54) is 35.4 Å². The van der Waals surface area contributed by atoms with Crippen molar-refractivity contribution in [1.29, 1.82) is 0 Å². The van der Waals surface area contributed by atoms with E-state index in [1.54, 1.807) is 25.1 Å². The highest BCUT2D eigenvalue weighted by Gasteiger charge is 2.50. The average molecular weight is 948 g/mol. The van der Waals surface area contributed by atoms with Crippen molar-refractivity contribution in [1.82, 2.24) is 14.8 Å². The Bertz CT molecular complexity index is 2550. The molecule has 1 amide bonds. The Hall–Kier alpha value is -5.30. The minimum Gasteiger partial charge on any atom is -0.406 e. The number of halogens is 3. The van der Waals surface area contributed by atoms with Crippen molar-refractivity contribution >= 4 is 32.9 Å². The molecule has 0 unspecified atom stereocenters. The van der Waals surface area contributed by atoms with E-state index >= 15 is 0 Å². The van der Waals surface area contributed by atoms with Crippen LogP contribution < -0.4 is 20.7 Å². The number of hydrogen-bond donors (Lipinski definition) is 3. The number of piperazine rings is 1. The van der Waals surface area contributed by atoms with Crippen molar-refractivity contribution in [2.45, 2.75) is 118 Å². The summed E-state index contributed by atoms with van der Waals surface area (Å²) >= 11 is 0. The lowest BCUT2D eigenvalue weighted by Gasteiger charge is -2.58. The Morgan fingerprint density at radius 1 is 1.00 bits per heavy atom. The predicted octanol–water partition coefficient (Wildman–Crippen LogP) is 8.60. The van der Waals surface area contributed by atoms with Crippen LogP contribution in [0.1, 0.15) is 111 Å². The van der Waals surface area contributed by atoms with Crippen LogP contribution in [-0.4, -0.2) is 96.4 Å². The van der Waals surface area contributed by atoms with Crippen LogP contribution >= 0.6 is 0 Å². The minimum absolute atomic E-state index is 0.0607. The average Bonchev–Trinajstić information content (AvgIpc) is 3.27. The number of primary amides is 1. The largest absolute Gasteiger partial charge is 0.573 e. The van der Waals surface area contributed by atoms with Crippen molar-refractivity contribution in [3.05, 3.63) is 111 Å². The summed E-state index contributed by atoms with van der Waals surface area (Å²) in [6.07, 6.45) is 2.81. The fraction of sp³-hybridized carbons (Fsp3) is 0.510. The van der Waals surface area contributed by atoms with E-state index in [4.69, 9.17) is 5.73 Å². The van der Waals surface area contributed by atoms with Gasteiger partial charge < -0.3 is 25.8 Å². The van der Waals surface area contributed by atoms with Gasteiger partial charge in [0.25, 0.3) is 0 Å². The van der Waals surface area contributed by atoms with Crippen LogP contribution in [0.25, 0.3) is 0 Å². The van der Waals surface area contributed by atoms with Crippen LogP contribution in [0.4, 0.5) is 30.4 Å². The SMILES string of the molecule is CC(C)c1ccccc1[C@@H]1CN(Cc2ccc(OC(F)(F)F)cc2)CCN1C1CC2(CCN(c3ccc(C(N)=O)c(S(=O)(=O)c4cnc(NCC5CCC(C)(O)CC5)c([N+](=O)[O-])c4)c3)CC2)C1. The highest BCUT2D eigenvalue weighted by Crippen LogP contribution is 2.53. The first-order valence-corrected chi connectivity index (χ1v) is 24.6. The molecule has 4 aromatic rings. The Morgan fingerprint density at radius 2 is 1.69 bits per heavy atom. The van der Waals surface area contributed by atoms with E-state index in [0.717, 1.165) is 76.0 Å². The maximum Gasteiger partial charge on any atom is 0.573 e. The Morgan fingerprint density at radius 3 is 2.33 bits per heavy atom. The van der Waals surface area contributed by atoms with Crippen LogP contribution in [0, 0.1) is 21.4 Å². The minimum atomic E-state index is -4.75. The molecule has 4 N–H and O–H groups in total. The number of carbonyl (C=O) groups excluding carboxylic acids is 1. The molecule has 14 nitrogen and oxygen atoms in total. The van der Waals surface area contributed by atoms with E-state index in [0.29, 0.717) is 56.7 Å². The third kappa shape index (κ3) is 10.9. The number of benzene rings is 3. The van der Waals surface area contributed by atoms with Gasteiger partial charge in [-0.2, -0.15) is 0 Å². The zero-order chi connectivity index (χ0) is 47.9. The van der Waals surface area contributed by atoms with Crippen molar-refractivity contribution in [2.24, 2.45) is 17.1 Å². The molecule has 4 aliphatic rings. The quantitative estimate of drug-likeness (QED) is 0.0809. The molecule has 2 aliphatic carbocycles. The van der Waals surface area contributed by atoms with Crippen LogP contribution in [-0.2, 0) is 16.4 Å². The molecule has 3 aromatic carbocycles. The van der Waals surface area contributed by atoms with Crippen molar-refractivity contribution in [3.63, 3.8) is 0 Å². The fourth-order valence-corrected chi connectivity index (χ4v) is 12.2. The standard InChI is InChI=1S/C49H60F3N7O7S/c1-32(2)39-6-4-5-7-40(39)43-31-56(30-34-8-11-37(12-9-34)66-49(50,51)52)22-23-58(43)36-26-48(27-36)18-20-57(21-19-48)35-10-13-41(45(53)60)44(24-35)67(64,65)38-25-42(59(62)63)46(55-29-38)54-28-33-14-16-47(3,61)17-15-33/h4-13,24-25,29,32-33,36,43,61H,14-23,26-28,30-31H2,1-3H3,(H2,53,60)(H,54,55)/t33?,43-,47?/m0/s1. The summed E-state index contributed by atoms with van der Waals surface area (Å²) in [4.78, 5) is 34.7. The lowest BCUT2D eigenvalue weighted by atomic mass is 9.59. The smallest absolute Gasteiger partial charge is 0.406 e. The molecule has 2 saturated carbocycles. The van der Waals surface area contributed by atoms with Gasteiger partial charge in [0.15, 0.2) is 0 Å². The van der Waals surface area contributed by atoms with Crippen LogP contribution in [0.15, 0.2) is 88.8 Å². The van der Waals surface area contributed by atoms with Gasteiger partial charge >= 0.3 is 12.0 Å². The van der Waals surface area contributed by atoms with E-state index in [2.05, 4.69) is 67.9 Å². The number of nitrogens with two attached hydrogens (primary N) is 1. The summed E-state index contributed by atoms with van der Waals surface area (Å²) in [5.41, 5.74) is 8.46. The molecular formula is C49H60F3N7O7S. The molecule has 1 spiro atoms. The number of aromatic nitrogens is 1. The molecule has 1 atom stereocenters. The first-order valence-electron chi connectivity index (χ1n) is 23.2. The molecule has 4 fully saturated rings. The number of ether oxygens (including phenoxy) is 1. The summed E-state index contributed by atoms with van der Waals surface area (Å²) in [6, 6.07) is 20.7. The van der Waals surface area contributed by atoms with E-state index < -0.39 is 43.2 Å². The van der Waals surface area contributed by atoms with Gasteiger partial charge in [0.05, 0.1) is 25.9 Å². The van der Waals surface area contributed by atoms with Crippen LogP contribution in [0.2, 0.25) is 0 Å². The van der Waals surface area contributed by atoms with Gasteiger partial charge in [-0.1, -0.05) is 50.2 Å². The number of anilines is 2. The Labute approximate surface area is 389 Å². The van der Waals surface area contributed by atoms with Gasteiger partial charge in [0.2, 0.25) is 21.6 Å². The number of nitrogens with one attached hydrogen (secondary N) is 1. The van der Waals surface area contributed by atoms with E-state index in [9.17, 15) is 41.6 Å². The van der Waals surface area contributed by atoms with Gasteiger partial charge in [-0.15, -0.1) is 13.2 Å². The number of amides is 1. The highest BCUT2D eigenvalue weighted by molar-refractivity contribution is 7.91. The molecule has 1 aromatic heterocycles. The number of nitrogens with zero attached hydrogens (tertiary/aromatic N) is 5. The number of pyridine rings is 1. The fourth-order valence-electron chi connectivity index (χ4n) is 10.8. The lowest BCUT2D eigenvalue weighted by molar-refractivity contribution is -0.384. The van der Waals surface area contributed by atoms with Gasteiger partial charge in [-0.25, -0.2) is 13.4 Å². The third-order valence-electron chi connectivity index (χ3n) is 14.7. The first-order chi connectivity index (χ1) is 31.7. The number of sulfone groups is 1. The molecule has 2 aliphatic heterocycles. The topological polar surface area (TPSA) is 184 Å². The second-order valence-corrected chi connectivity index (χ2v) is 21.6. The molecule has 3 heterocycles. The molecule has 8 rings (SSSR count). The zero-order valence-corrected chi connectivity index (χ0v) is 39.0. The number of piperidine rings is 1. The normalized spacial score (nSPS) is 23.0. The number of alkyl halides is 3. The number of hydrogen-bond acceptors (Lipinski definition) is 12. The highest BCUT2D eigenvalue weighted by atomic mass is 32.2. The van der Waals surface area contributed by atoms with Crippen LogP contribution in [0.3, 0.4) is 0 Å². The molecule has 18 heteroatoms. The molecule has 0 radical (unpaired) electrons. The summed E-state index contributed by atoms with van der Waals surface area (Å²) < 4.78 is 71.0. The number of nitro groups is 1. The molecule has 360 valence electrons. The second-order valence-electron chi connectivity index (χ2n) is 19.7. The molecule has 0 bridgehead atoms. The maximum absolute atomic E-state index is 14.3. The second kappa shape index (κ2) is 19.0. The maximum atomic E-state index is 14.3. The van der Waals surface area contributed by atoms with Crippen molar-refractivity contribution < 1.29 is 41.2 Å². The van der Waals surface area contributed by atoms with Gasteiger partial charge in [0.1, 0.15) is 5.75 Å². The van der Waals surface area contributed by atoms with Crippen molar-refractivity contribution in [2.75, 3.05) is 49.5 Å². The Kier molecular flexibility index (Phi) is 13.7.